The van der Waals surface area contributed by atoms with Crippen LogP contribution in [-0.2, 0) is 14.3 Å². The third-order valence-corrected chi connectivity index (χ3v) is 4.45. The summed E-state index contributed by atoms with van der Waals surface area (Å²) in [6, 6.07) is 0. The van der Waals surface area contributed by atoms with E-state index in [9.17, 15) is 19.8 Å². The molecular weight excluding hydrogens is 260 g/mol. The monoisotopic (exact) mass is 276 g/mol. The van der Waals surface area contributed by atoms with Crippen molar-refractivity contribution in [1.29, 1.82) is 0 Å². The Hall–Kier alpha value is -1.72. The number of ketones is 1. The van der Waals surface area contributed by atoms with Crippen LogP contribution in [0, 0.1) is 11.8 Å². The third kappa shape index (κ3) is 1.63. The number of ether oxygens (including phenoxy) is 1. The van der Waals surface area contributed by atoms with Crippen LogP contribution < -0.4 is 0 Å². The fourth-order valence-electron chi connectivity index (χ4n) is 3.55. The predicted octanol–water partition coefficient (Wildman–Crippen LogP) is 0.283. The maximum Gasteiger partial charge on any atom is 0.334 e. The summed E-state index contributed by atoms with van der Waals surface area (Å²) in [4.78, 5) is 23.8. The van der Waals surface area contributed by atoms with Crippen molar-refractivity contribution in [3.63, 3.8) is 0 Å². The second-order valence-corrected chi connectivity index (χ2v) is 5.61. The van der Waals surface area contributed by atoms with E-state index in [0.29, 0.717) is 17.6 Å². The van der Waals surface area contributed by atoms with E-state index in [4.69, 9.17) is 4.74 Å². The summed E-state index contributed by atoms with van der Waals surface area (Å²) in [5.74, 6) is -1.69. The molecule has 5 heteroatoms. The third-order valence-electron chi connectivity index (χ3n) is 4.45. The molecule has 0 amide bonds. The molecular formula is C15H16O5. The summed E-state index contributed by atoms with van der Waals surface area (Å²) < 4.78 is 5.33. The quantitative estimate of drug-likeness (QED) is 0.531. The van der Waals surface area contributed by atoms with Gasteiger partial charge in [-0.05, 0) is 25.0 Å². The molecule has 20 heavy (non-hydrogen) atoms. The molecule has 1 unspecified atom stereocenters. The van der Waals surface area contributed by atoms with Gasteiger partial charge in [0.1, 0.15) is 6.10 Å². The fraction of sp³-hybridized carbons (Fsp3) is 0.467. The largest absolute Gasteiger partial charge is 0.457 e. The molecule has 2 N–H and O–H groups in total. The molecule has 4 atom stereocenters. The first-order valence-corrected chi connectivity index (χ1v) is 6.58. The molecule has 1 heterocycles. The smallest absolute Gasteiger partial charge is 0.334 e. The van der Waals surface area contributed by atoms with E-state index in [2.05, 4.69) is 6.58 Å². The average molecular weight is 276 g/mol. The van der Waals surface area contributed by atoms with Gasteiger partial charge >= 0.3 is 5.97 Å². The lowest BCUT2D eigenvalue weighted by Gasteiger charge is -2.25. The minimum absolute atomic E-state index is 0.169. The minimum atomic E-state index is -0.801. The summed E-state index contributed by atoms with van der Waals surface area (Å²) in [5.41, 5.74) is 2.11. The van der Waals surface area contributed by atoms with Crippen LogP contribution >= 0.6 is 0 Å². The van der Waals surface area contributed by atoms with Crippen LogP contribution in [0.3, 0.4) is 0 Å². The van der Waals surface area contributed by atoms with Crippen LogP contribution in [-0.4, -0.2) is 40.8 Å². The van der Waals surface area contributed by atoms with Gasteiger partial charge in [-0.25, -0.2) is 4.79 Å². The van der Waals surface area contributed by atoms with Crippen molar-refractivity contribution in [2.75, 3.05) is 6.61 Å². The van der Waals surface area contributed by atoms with Gasteiger partial charge in [-0.1, -0.05) is 12.2 Å². The van der Waals surface area contributed by atoms with Crippen LogP contribution in [0.15, 0.2) is 34.9 Å². The van der Waals surface area contributed by atoms with Crippen LogP contribution in [0.5, 0.6) is 0 Å². The Morgan fingerprint density at radius 1 is 1.45 bits per heavy atom. The number of fused-ring (bicyclic) bond motifs is 3. The molecule has 1 saturated heterocycles. The lowest BCUT2D eigenvalue weighted by Crippen LogP contribution is -2.34. The molecule has 0 radical (unpaired) electrons. The lowest BCUT2D eigenvalue weighted by molar-refractivity contribution is -0.140. The maximum atomic E-state index is 12.1. The maximum absolute atomic E-state index is 12.1. The molecule has 0 spiro atoms. The lowest BCUT2D eigenvalue weighted by atomic mass is 9.82. The zero-order valence-corrected chi connectivity index (χ0v) is 11.1. The van der Waals surface area contributed by atoms with E-state index < -0.39 is 30.0 Å². The topological polar surface area (TPSA) is 83.8 Å². The predicted molar refractivity (Wildman–Crippen MR) is 69.5 cm³/mol. The van der Waals surface area contributed by atoms with Gasteiger partial charge in [0.25, 0.3) is 0 Å². The number of allylic oxidation sites excluding steroid dienone is 1. The number of hydrogen-bond acceptors (Lipinski definition) is 5. The summed E-state index contributed by atoms with van der Waals surface area (Å²) in [6.45, 7) is 5.23. The second kappa shape index (κ2) is 4.40. The number of carbonyl (C=O) groups is 2. The molecule has 106 valence electrons. The van der Waals surface area contributed by atoms with E-state index in [1.165, 1.54) is 6.08 Å². The normalized spacial score (nSPS) is 36.5. The summed E-state index contributed by atoms with van der Waals surface area (Å²) in [5, 5.41) is 19.7. The van der Waals surface area contributed by atoms with Gasteiger partial charge in [-0.3, -0.25) is 4.79 Å². The molecule has 0 bridgehead atoms. The van der Waals surface area contributed by atoms with Crippen molar-refractivity contribution in [3.05, 3.63) is 34.9 Å². The molecule has 1 aliphatic heterocycles. The Bertz CT molecular complexity index is 583. The van der Waals surface area contributed by atoms with Gasteiger partial charge in [0, 0.05) is 17.1 Å². The summed E-state index contributed by atoms with van der Waals surface area (Å²) in [7, 11) is 0. The van der Waals surface area contributed by atoms with Gasteiger partial charge in [0.2, 0.25) is 0 Å². The zero-order chi connectivity index (χ0) is 14.6. The Balaban J connectivity index is 2.13. The summed E-state index contributed by atoms with van der Waals surface area (Å²) >= 11 is 0. The van der Waals surface area contributed by atoms with Gasteiger partial charge in [-0.2, -0.15) is 0 Å². The van der Waals surface area contributed by atoms with Crippen LogP contribution in [0.1, 0.15) is 13.3 Å². The first-order valence-electron chi connectivity index (χ1n) is 6.58. The molecule has 5 nitrogen and oxygen atoms in total. The highest BCUT2D eigenvalue weighted by Crippen LogP contribution is 2.47. The number of rotatable bonds is 1. The number of hydrogen-bond donors (Lipinski definition) is 2. The minimum Gasteiger partial charge on any atom is -0.457 e. The van der Waals surface area contributed by atoms with E-state index in [1.54, 1.807) is 6.92 Å². The van der Waals surface area contributed by atoms with Crippen LogP contribution in [0.4, 0.5) is 0 Å². The van der Waals surface area contributed by atoms with Crippen LogP contribution in [0.25, 0.3) is 0 Å². The van der Waals surface area contributed by atoms with Crippen molar-refractivity contribution in [3.8, 4) is 0 Å². The van der Waals surface area contributed by atoms with E-state index in [1.807, 2.05) is 0 Å². The SMILES string of the molecule is C=C1C(=O)O[C@@H]2C3C(CO)=CC(=O)C3=C(C)C[C@H](O)[C@@H]12. The van der Waals surface area contributed by atoms with Crippen LogP contribution in [0.2, 0.25) is 0 Å². The van der Waals surface area contributed by atoms with Gasteiger partial charge in [-0.15, -0.1) is 0 Å². The number of esters is 1. The molecule has 0 saturated carbocycles. The van der Waals surface area contributed by atoms with Crippen molar-refractivity contribution in [2.45, 2.75) is 25.6 Å². The molecule has 2 aliphatic carbocycles. The van der Waals surface area contributed by atoms with E-state index in [-0.39, 0.29) is 18.0 Å². The van der Waals surface area contributed by atoms with Gasteiger partial charge in [0.05, 0.1) is 18.6 Å². The fourth-order valence-corrected chi connectivity index (χ4v) is 3.55. The highest BCUT2D eigenvalue weighted by atomic mass is 16.6. The number of aliphatic hydroxyl groups excluding tert-OH is 2. The van der Waals surface area contributed by atoms with E-state index >= 15 is 0 Å². The highest BCUT2D eigenvalue weighted by Gasteiger charge is 2.52. The molecule has 0 aromatic rings. The molecule has 0 aromatic heterocycles. The number of carbonyl (C=O) groups excluding carboxylic acids is 2. The number of aliphatic hydroxyl groups is 2. The van der Waals surface area contributed by atoms with Gasteiger partial charge in [0.15, 0.2) is 5.78 Å². The zero-order valence-electron chi connectivity index (χ0n) is 11.1. The Morgan fingerprint density at radius 2 is 2.15 bits per heavy atom. The average Bonchev–Trinajstić information content (AvgIpc) is 2.83. The molecule has 1 fully saturated rings. The van der Waals surface area contributed by atoms with Crippen molar-refractivity contribution < 1.29 is 24.5 Å². The van der Waals surface area contributed by atoms with Crippen molar-refractivity contribution in [1.82, 2.24) is 0 Å². The Morgan fingerprint density at radius 3 is 2.80 bits per heavy atom. The first-order chi connectivity index (χ1) is 9.45. The highest BCUT2D eigenvalue weighted by molar-refractivity contribution is 6.09. The second-order valence-electron chi connectivity index (χ2n) is 5.61. The first kappa shape index (κ1) is 13.3. The Labute approximate surface area is 116 Å². The van der Waals surface area contributed by atoms with Gasteiger partial charge < -0.3 is 14.9 Å². The van der Waals surface area contributed by atoms with E-state index in [0.717, 1.165) is 5.57 Å². The summed E-state index contributed by atoms with van der Waals surface area (Å²) in [6.07, 6.45) is 0.265. The molecule has 3 aliphatic rings. The standard InChI is InChI=1S/C15H16O5/c1-6-3-9(17)12-7(2)15(19)20-14(12)13-8(5-16)4-10(18)11(6)13/h4,9,12-14,16-17H,2-3,5H2,1H3/t9-,12+,13?,14-/m0/s1. The molecule has 0 aromatic carbocycles. The molecule has 3 rings (SSSR count). The Kier molecular flexibility index (Phi) is 2.92. The van der Waals surface area contributed by atoms with Crippen molar-refractivity contribution in [2.24, 2.45) is 11.8 Å². The van der Waals surface area contributed by atoms with Crippen molar-refractivity contribution >= 4 is 11.8 Å².